The molecule has 0 spiro atoms. The fourth-order valence-corrected chi connectivity index (χ4v) is 3.31. The van der Waals surface area contributed by atoms with Gasteiger partial charge in [-0.2, -0.15) is 5.10 Å². The molecule has 0 atom stereocenters. The van der Waals surface area contributed by atoms with Gasteiger partial charge in [-0.05, 0) is 54.0 Å². The van der Waals surface area contributed by atoms with Crippen LogP contribution in [-0.2, 0) is 22.2 Å². The van der Waals surface area contributed by atoms with E-state index in [-0.39, 0.29) is 4.90 Å². The summed E-state index contributed by atoms with van der Waals surface area (Å²) in [6, 6.07) is 6.35. The molecule has 0 unspecified atom stereocenters. The van der Waals surface area contributed by atoms with Crippen LogP contribution < -0.4 is 4.74 Å². The lowest BCUT2D eigenvalue weighted by molar-refractivity contribution is 0.290. The Kier molecular flexibility index (Phi) is 4.95. The van der Waals surface area contributed by atoms with Crippen molar-refractivity contribution >= 4 is 35.7 Å². The highest BCUT2D eigenvalue weighted by Gasteiger charge is 2.13. The van der Waals surface area contributed by atoms with Crippen LogP contribution in [0.4, 0.5) is 0 Å². The molecule has 0 bridgehead atoms. The summed E-state index contributed by atoms with van der Waals surface area (Å²) in [5.74, 6) is 0.542. The summed E-state index contributed by atoms with van der Waals surface area (Å²) >= 11 is 3.28. The zero-order valence-corrected chi connectivity index (χ0v) is 14.7. The smallest absolute Gasteiger partial charge is 0.261 e. The number of halogens is 2. The number of hydrogen-bond acceptors (Lipinski definition) is 4. The number of aryl methyl sites for hydroxylation is 2. The molecule has 0 amide bonds. The monoisotopic (exact) mass is 392 g/mol. The van der Waals surface area contributed by atoms with Crippen LogP contribution in [0, 0.1) is 6.92 Å². The van der Waals surface area contributed by atoms with Crippen LogP contribution in [0.25, 0.3) is 0 Å². The molecule has 5 nitrogen and oxygen atoms in total. The van der Waals surface area contributed by atoms with Crippen molar-refractivity contribution in [2.45, 2.75) is 31.9 Å². The molecule has 0 radical (unpaired) electrons. The number of aromatic nitrogens is 2. The van der Waals surface area contributed by atoms with Gasteiger partial charge in [-0.1, -0.05) is 0 Å². The van der Waals surface area contributed by atoms with E-state index in [9.17, 15) is 8.42 Å². The quantitative estimate of drug-likeness (QED) is 0.730. The van der Waals surface area contributed by atoms with Gasteiger partial charge in [-0.3, -0.25) is 4.68 Å². The van der Waals surface area contributed by atoms with Gasteiger partial charge in [0.15, 0.2) is 0 Å². The molecule has 21 heavy (non-hydrogen) atoms. The summed E-state index contributed by atoms with van der Waals surface area (Å²) in [5.41, 5.74) is 1.88. The first kappa shape index (κ1) is 16.3. The first-order valence-electron chi connectivity index (χ1n) is 6.21. The first-order valence-corrected chi connectivity index (χ1v) is 9.32. The van der Waals surface area contributed by atoms with E-state index in [4.69, 9.17) is 15.4 Å². The SMILES string of the molecule is CCn1nc(C)cc1COc1ccc(S(=O)(=O)Cl)cc1Br. The normalized spacial score (nSPS) is 11.6. The van der Waals surface area contributed by atoms with Gasteiger partial charge in [0.25, 0.3) is 9.05 Å². The van der Waals surface area contributed by atoms with Crippen LogP contribution in [0.2, 0.25) is 0 Å². The van der Waals surface area contributed by atoms with E-state index in [1.54, 1.807) is 6.07 Å². The van der Waals surface area contributed by atoms with Gasteiger partial charge in [-0.15, -0.1) is 0 Å². The van der Waals surface area contributed by atoms with Gasteiger partial charge >= 0.3 is 0 Å². The average Bonchev–Trinajstić information content (AvgIpc) is 2.76. The second kappa shape index (κ2) is 6.37. The second-order valence-electron chi connectivity index (χ2n) is 4.41. The highest BCUT2D eigenvalue weighted by Crippen LogP contribution is 2.29. The summed E-state index contributed by atoms with van der Waals surface area (Å²) in [6.45, 7) is 5.04. The zero-order chi connectivity index (χ0) is 15.6. The van der Waals surface area contributed by atoms with Crippen molar-refractivity contribution in [1.82, 2.24) is 9.78 Å². The molecule has 0 aliphatic heterocycles. The maximum atomic E-state index is 11.3. The van der Waals surface area contributed by atoms with Gasteiger partial charge in [0, 0.05) is 17.2 Å². The van der Waals surface area contributed by atoms with E-state index in [2.05, 4.69) is 21.0 Å². The van der Waals surface area contributed by atoms with Crippen molar-refractivity contribution in [3.8, 4) is 5.75 Å². The summed E-state index contributed by atoms with van der Waals surface area (Å²) in [7, 11) is 1.55. The lowest BCUT2D eigenvalue weighted by Gasteiger charge is -2.10. The molecule has 2 rings (SSSR count). The van der Waals surface area contributed by atoms with Crippen LogP contribution >= 0.6 is 26.6 Å². The lowest BCUT2D eigenvalue weighted by Crippen LogP contribution is -2.06. The van der Waals surface area contributed by atoms with E-state index in [1.165, 1.54) is 12.1 Å². The standard InChI is InChI=1S/C13H14BrClN2O3S/c1-3-17-10(6-9(2)16-17)8-20-13-5-4-11(7-12(13)14)21(15,18)19/h4-7H,3,8H2,1-2H3. The van der Waals surface area contributed by atoms with E-state index < -0.39 is 9.05 Å². The molecule has 0 aliphatic rings. The molecular weight excluding hydrogens is 380 g/mol. The summed E-state index contributed by atoms with van der Waals surface area (Å²) < 4.78 is 30.6. The maximum absolute atomic E-state index is 11.3. The predicted octanol–water partition coefficient (Wildman–Crippen LogP) is 3.48. The fraction of sp³-hybridized carbons (Fsp3) is 0.308. The Morgan fingerprint density at radius 1 is 1.38 bits per heavy atom. The van der Waals surface area contributed by atoms with Crippen molar-refractivity contribution < 1.29 is 13.2 Å². The minimum atomic E-state index is -3.74. The van der Waals surface area contributed by atoms with Gasteiger partial charge < -0.3 is 4.74 Å². The lowest BCUT2D eigenvalue weighted by atomic mass is 10.3. The summed E-state index contributed by atoms with van der Waals surface area (Å²) in [6.07, 6.45) is 0. The van der Waals surface area contributed by atoms with Crippen LogP contribution in [0.15, 0.2) is 33.6 Å². The van der Waals surface area contributed by atoms with E-state index in [1.807, 2.05) is 24.6 Å². The van der Waals surface area contributed by atoms with Crippen molar-refractivity contribution in [3.05, 3.63) is 40.1 Å². The van der Waals surface area contributed by atoms with Crippen LogP contribution in [-0.4, -0.2) is 18.2 Å². The average molecular weight is 394 g/mol. The van der Waals surface area contributed by atoms with Crippen molar-refractivity contribution in [3.63, 3.8) is 0 Å². The number of rotatable bonds is 5. The number of nitrogens with zero attached hydrogens (tertiary/aromatic N) is 2. The minimum absolute atomic E-state index is 0.0258. The first-order chi connectivity index (χ1) is 9.81. The van der Waals surface area contributed by atoms with Crippen molar-refractivity contribution in [1.29, 1.82) is 0 Å². The highest BCUT2D eigenvalue weighted by atomic mass is 79.9. The topological polar surface area (TPSA) is 61.2 Å². The van der Waals surface area contributed by atoms with Gasteiger partial charge in [-0.25, -0.2) is 8.42 Å². The third-order valence-electron chi connectivity index (χ3n) is 2.85. The summed E-state index contributed by atoms with van der Waals surface area (Å²) in [5, 5.41) is 4.34. The molecule has 8 heteroatoms. The Hall–Kier alpha value is -1.05. The Labute approximate surface area is 136 Å². The van der Waals surface area contributed by atoms with E-state index in [0.29, 0.717) is 16.8 Å². The van der Waals surface area contributed by atoms with Crippen LogP contribution in [0.5, 0.6) is 5.75 Å². The third-order valence-corrected chi connectivity index (χ3v) is 4.82. The number of hydrogen-bond donors (Lipinski definition) is 0. The molecule has 0 N–H and O–H groups in total. The molecule has 0 saturated heterocycles. The van der Waals surface area contributed by atoms with Gasteiger partial charge in [0.05, 0.1) is 20.8 Å². The van der Waals surface area contributed by atoms with Gasteiger partial charge in [0.2, 0.25) is 0 Å². The number of ether oxygens (including phenoxy) is 1. The maximum Gasteiger partial charge on any atom is 0.261 e. The van der Waals surface area contributed by atoms with E-state index >= 15 is 0 Å². The molecule has 114 valence electrons. The van der Waals surface area contributed by atoms with Crippen LogP contribution in [0.1, 0.15) is 18.3 Å². The molecule has 1 aromatic carbocycles. The number of benzene rings is 1. The van der Waals surface area contributed by atoms with Crippen molar-refractivity contribution in [2.75, 3.05) is 0 Å². The van der Waals surface area contributed by atoms with Gasteiger partial charge in [0.1, 0.15) is 12.4 Å². The minimum Gasteiger partial charge on any atom is -0.486 e. The molecule has 0 saturated carbocycles. The molecule has 0 fully saturated rings. The molecule has 1 aromatic heterocycles. The Bertz CT molecular complexity index is 759. The largest absolute Gasteiger partial charge is 0.486 e. The molecule has 0 aliphatic carbocycles. The Morgan fingerprint density at radius 2 is 2.10 bits per heavy atom. The Morgan fingerprint density at radius 3 is 2.67 bits per heavy atom. The molecular formula is C13H14BrClN2O3S. The predicted molar refractivity (Wildman–Crippen MR) is 84.2 cm³/mol. The fourth-order valence-electron chi connectivity index (χ4n) is 1.89. The van der Waals surface area contributed by atoms with E-state index in [0.717, 1.165) is 17.9 Å². The van der Waals surface area contributed by atoms with Crippen LogP contribution in [0.3, 0.4) is 0 Å². The van der Waals surface area contributed by atoms with Crippen molar-refractivity contribution in [2.24, 2.45) is 0 Å². The summed E-state index contributed by atoms with van der Waals surface area (Å²) in [4.78, 5) is 0.0258. The highest BCUT2D eigenvalue weighted by molar-refractivity contribution is 9.10. The second-order valence-corrected chi connectivity index (χ2v) is 7.83. The molecule has 1 heterocycles. The zero-order valence-electron chi connectivity index (χ0n) is 11.5. The Balaban J connectivity index is 2.17. The third kappa shape index (κ3) is 3.99. The molecule has 2 aromatic rings.